The third-order valence-corrected chi connectivity index (χ3v) is 9.55. The van der Waals surface area contributed by atoms with Crippen LogP contribution in [0, 0.1) is 3.57 Å². The van der Waals surface area contributed by atoms with Crippen molar-refractivity contribution < 1.29 is 28.5 Å². The Morgan fingerprint density at radius 2 is 1.76 bits per heavy atom. The molecule has 0 amide bonds. The van der Waals surface area contributed by atoms with Crippen molar-refractivity contribution in [3.63, 3.8) is 0 Å². The first-order chi connectivity index (χ1) is 22.1. The molecule has 0 unspecified atom stereocenters. The number of benzene rings is 3. The van der Waals surface area contributed by atoms with Crippen molar-refractivity contribution in [3.05, 3.63) is 110 Å². The van der Waals surface area contributed by atoms with Crippen molar-refractivity contribution in [2.75, 3.05) is 27.9 Å². The molecule has 0 N–H and O–H groups in total. The average Bonchev–Trinajstić information content (AvgIpc) is 3.33. The van der Waals surface area contributed by atoms with Crippen molar-refractivity contribution >= 4 is 69.2 Å². The van der Waals surface area contributed by atoms with Crippen LogP contribution >= 0.6 is 57.1 Å². The smallest absolute Gasteiger partial charge is 0.338 e. The van der Waals surface area contributed by atoms with Gasteiger partial charge in [0, 0.05) is 15.6 Å². The van der Waals surface area contributed by atoms with Crippen LogP contribution in [0.2, 0.25) is 10.0 Å². The molecule has 0 fully saturated rings. The van der Waals surface area contributed by atoms with Crippen molar-refractivity contribution in [1.29, 1.82) is 0 Å². The number of hydrogen-bond donors (Lipinski definition) is 0. The zero-order valence-electron chi connectivity index (χ0n) is 25.5. The van der Waals surface area contributed by atoms with Gasteiger partial charge in [0.2, 0.25) is 0 Å². The molecule has 1 aliphatic rings. The molecule has 0 saturated carbocycles. The molecule has 0 spiro atoms. The van der Waals surface area contributed by atoms with Crippen LogP contribution in [-0.4, -0.2) is 38.5 Å². The highest BCUT2D eigenvalue weighted by Gasteiger charge is 2.34. The lowest BCUT2D eigenvalue weighted by Crippen LogP contribution is -2.40. The van der Waals surface area contributed by atoms with Gasteiger partial charge >= 0.3 is 5.97 Å². The van der Waals surface area contributed by atoms with Crippen LogP contribution in [0.3, 0.4) is 0 Å². The second-order valence-electron chi connectivity index (χ2n) is 9.98. The van der Waals surface area contributed by atoms with Gasteiger partial charge in [-0.15, -0.1) is 0 Å². The van der Waals surface area contributed by atoms with Gasteiger partial charge < -0.3 is 23.7 Å². The largest absolute Gasteiger partial charge is 0.493 e. The van der Waals surface area contributed by atoms with Gasteiger partial charge in [0.25, 0.3) is 5.56 Å². The Bertz CT molecular complexity index is 2040. The summed E-state index contributed by atoms with van der Waals surface area (Å²) in [5.41, 5.74) is 2.55. The van der Waals surface area contributed by atoms with E-state index in [4.69, 9.17) is 46.9 Å². The fraction of sp³-hybridized carbons (Fsp3) is 0.242. The summed E-state index contributed by atoms with van der Waals surface area (Å²) in [5.74, 6) is 1.45. The number of nitrogens with zero attached hydrogens (tertiary/aromatic N) is 2. The number of hydrogen-bond acceptors (Lipinski definition) is 9. The van der Waals surface area contributed by atoms with Crippen molar-refractivity contribution in [2.45, 2.75) is 26.5 Å². The lowest BCUT2D eigenvalue weighted by molar-refractivity contribution is -0.139. The summed E-state index contributed by atoms with van der Waals surface area (Å²) in [6.07, 6.45) is 1.77. The van der Waals surface area contributed by atoms with E-state index in [1.54, 1.807) is 70.5 Å². The highest BCUT2D eigenvalue weighted by atomic mass is 127. The molecule has 1 aliphatic heterocycles. The van der Waals surface area contributed by atoms with Gasteiger partial charge in [-0.25, -0.2) is 9.79 Å². The van der Waals surface area contributed by atoms with E-state index in [-0.39, 0.29) is 24.3 Å². The van der Waals surface area contributed by atoms with Crippen LogP contribution in [0.5, 0.6) is 23.0 Å². The van der Waals surface area contributed by atoms with Gasteiger partial charge in [-0.2, -0.15) is 0 Å². The normalized spacial score (nSPS) is 14.4. The minimum atomic E-state index is -0.803. The molecule has 46 heavy (non-hydrogen) atoms. The molecule has 0 radical (unpaired) electrons. The number of allylic oxidation sites excluding steroid dienone is 1. The Labute approximate surface area is 292 Å². The van der Waals surface area contributed by atoms with Gasteiger partial charge in [0.1, 0.15) is 6.61 Å². The summed E-state index contributed by atoms with van der Waals surface area (Å²) >= 11 is 15.7. The molecule has 13 heteroatoms. The number of ether oxygens (including phenoxy) is 5. The summed E-state index contributed by atoms with van der Waals surface area (Å²) in [7, 11) is 4.62. The predicted octanol–water partition coefficient (Wildman–Crippen LogP) is 6.31. The van der Waals surface area contributed by atoms with Crippen LogP contribution in [0.4, 0.5) is 0 Å². The molecule has 4 aromatic rings. The molecule has 5 rings (SSSR count). The quantitative estimate of drug-likeness (QED) is 0.137. The molecular weight excluding hydrogens is 766 g/mol. The number of fused-ring (bicyclic) bond motifs is 1. The zero-order valence-corrected chi connectivity index (χ0v) is 30.0. The first-order valence-corrected chi connectivity index (χ1v) is 16.6. The Morgan fingerprint density at radius 3 is 2.43 bits per heavy atom. The van der Waals surface area contributed by atoms with Crippen LogP contribution in [0.1, 0.15) is 36.6 Å². The lowest BCUT2D eigenvalue weighted by atomic mass is 9.95. The first kappa shape index (κ1) is 33.8. The highest BCUT2D eigenvalue weighted by Crippen LogP contribution is 2.37. The Kier molecular flexibility index (Phi) is 10.7. The van der Waals surface area contributed by atoms with E-state index in [1.165, 1.54) is 23.0 Å². The fourth-order valence-electron chi connectivity index (χ4n) is 5.03. The highest BCUT2D eigenvalue weighted by molar-refractivity contribution is 14.1. The molecule has 2 heterocycles. The zero-order chi connectivity index (χ0) is 33.1. The van der Waals surface area contributed by atoms with E-state index in [1.807, 2.05) is 12.1 Å². The number of halogens is 3. The standard InChI is InChI=1S/C33H29Cl2IN2O7S/c1-6-44-32(40)28-17(2)37-33-38(29(28)19-8-10-24(41-3)25(14-19)42-4)31(39)27(46-33)13-18-11-23(36)30(26(12-18)43-5)45-16-20-7-9-21(34)15-22(20)35/h7-15,29H,6,16H2,1-5H3/b27-13+/t29-/m0/s1. The SMILES string of the molecule is CCOC(=O)C1=C(C)N=c2s/c(=C/c3cc(I)c(OCc4ccc(Cl)cc4Cl)c(OC)c3)c(=O)n2[C@H]1c1ccc(OC)c(OC)c1. The fourth-order valence-corrected chi connectivity index (χ4v) is 7.32. The second-order valence-corrected chi connectivity index (χ2v) is 13.0. The third-order valence-electron chi connectivity index (χ3n) is 7.18. The van der Waals surface area contributed by atoms with Crippen LogP contribution < -0.4 is 33.8 Å². The van der Waals surface area contributed by atoms with Crippen LogP contribution in [-0.2, 0) is 16.1 Å². The summed E-state index contributed by atoms with van der Waals surface area (Å²) in [4.78, 5) is 32.5. The van der Waals surface area contributed by atoms with Crippen LogP contribution in [0.15, 0.2) is 69.6 Å². The minimum Gasteiger partial charge on any atom is -0.493 e. The Morgan fingerprint density at radius 1 is 1.02 bits per heavy atom. The number of carbonyl (C=O) groups is 1. The predicted molar refractivity (Wildman–Crippen MR) is 186 cm³/mol. The lowest BCUT2D eigenvalue weighted by Gasteiger charge is -2.25. The van der Waals surface area contributed by atoms with E-state index >= 15 is 0 Å². The maximum atomic E-state index is 14.1. The number of thiazole rings is 1. The van der Waals surface area contributed by atoms with Gasteiger partial charge in [0.05, 0.1) is 53.4 Å². The van der Waals surface area contributed by atoms with E-state index in [2.05, 4.69) is 27.6 Å². The number of aromatic nitrogens is 1. The summed E-state index contributed by atoms with van der Waals surface area (Å²) in [5, 5.41) is 1.04. The van der Waals surface area contributed by atoms with Gasteiger partial charge in [0.15, 0.2) is 27.8 Å². The van der Waals surface area contributed by atoms with E-state index < -0.39 is 12.0 Å². The summed E-state index contributed by atoms with van der Waals surface area (Å²) < 4.78 is 30.8. The van der Waals surface area contributed by atoms with Gasteiger partial charge in [-0.3, -0.25) is 9.36 Å². The molecule has 0 bridgehead atoms. The monoisotopic (exact) mass is 794 g/mol. The average molecular weight is 795 g/mol. The molecule has 1 aromatic heterocycles. The van der Waals surface area contributed by atoms with Gasteiger partial charge in [-0.1, -0.05) is 46.7 Å². The number of carbonyl (C=O) groups excluding carboxylic acids is 1. The molecule has 0 aliphatic carbocycles. The maximum Gasteiger partial charge on any atom is 0.338 e. The first-order valence-electron chi connectivity index (χ1n) is 14.0. The molecule has 0 saturated heterocycles. The Hall–Kier alpha value is -3.52. The second kappa shape index (κ2) is 14.5. The third kappa shape index (κ3) is 6.78. The van der Waals surface area contributed by atoms with Crippen molar-refractivity contribution in [3.8, 4) is 23.0 Å². The minimum absolute atomic E-state index is 0.172. The molecule has 3 aromatic carbocycles. The van der Waals surface area contributed by atoms with E-state index in [0.717, 1.165) is 9.13 Å². The molecule has 9 nitrogen and oxygen atoms in total. The van der Waals surface area contributed by atoms with Gasteiger partial charge in [-0.05, 0) is 90.0 Å². The summed E-state index contributed by atoms with van der Waals surface area (Å²) in [6, 6.07) is 13.4. The summed E-state index contributed by atoms with van der Waals surface area (Å²) in [6.45, 7) is 3.84. The molecule has 240 valence electrons. The number of esters is 1. The van der Waals surface area contributed by atoms with E-state index in [0.29, 0.717) is 59.2 Å². The van der Waals surface area contributed by atoms with Crippen molar-refractivity contribution in [2.24, 2.45) is 4.99 Å². The molecule has 1 atom stereocenters. The Balaban J connectivity index is 1.59. The van der Waals surface area contributed by atoms with Crippen LogP contribution in [0.25, 0.3) is 6.08 Å². The maximum absolute atomic E-state index is 14.1. The van der Waals surface area contributed by atoms with E-state index in [9.17, 15) is 9.59 Å². The number of rotatable bonds is 10. The number of methoxy groups -OCH3 is 3. The van der Waals surface area contributed by atoms with Crippen molar-refractivity contribution in [1.82, 2.24) is 4.57 Å². The molecular formula is C33H29Cl2IN2O7S. The topological polar surface area (TPSA) is 97.6 Å².